The van der Waals surface area contributed by atoms with Gasteiger partial charge < -0.3 is 14.7 Å². The summed E-state index contributed by atoms with van der Waals surface area (Å²) in [5.41, 5.74) is 0.281. The quantitative estimate of drug-likeness (QED) is 0.684. The standard InChI is InChI=1S/C12H14Cl2N2O4/c1-7-6-20-8(5-17)4-15(7)11-2-9(13)10(14)3-12(11)16(18)19/h2-3,7-8,17H,4-6H2,1H3. The summed E-state index contributed by atoms with van der Waals surface area (Å²) in [5.74, 6) is 0. The fourth-order valence-corrected chi connectivity index (χ4v) is 2.48. The number of halogens is 2. The van der Waals surface area contributed by atoms with Gasteiger partial charge in [0.05, 0.1) is 34.3 Å². The molecule has 1 aliphatic rings. The first-order chi connectivity index (χ1) is 9.43. The molecule has 0 radical (unpaired) electrons. The van der Waals surface area contributed by atoms with Gasteiger partial charge in [-0.1, -0.05) is 23.2 Å². The number of hydrogen-bond acceptors (Lipinski definition) is 5. The molecule has 2 rings (SSSR count). The van der Waals surface area contributed by atoms with Gasteiger partial charge in [0.15, 0.2) is 0 Å². The van der Waals surface area contributed by atoms with E-state index in [1.165, 1.54) is 12.1 Å². The van der Waals surface area contributed by atoms with Crippen LogP contribution in [-0.4, -0.2) is 41.9 Å². The van der Waals surface area contributed by atoms with Crippen molar-refractivity contribution < 1.29 is 14.8 Å². The molecule has 1 aliphatic heterocycles. The van der Waals surface area contributed by atoms with Crippen LogP contribution in [0.25, 0.3) is 0 Å². The topological polar surface area (TPSA) is 75.8 Å². The van der Waals surface area contributed by atoms with E-state index in [1.54, 1.807) is 0 Å². The smallest absolute Gasteiger partial charge is 0.294 e. The minimum absolute atomic E-state index is 0.0613. The van der Waals surface area contributed by atoms with Gasteiger partial charge in [-0.15, -0.1) is 0 Å². The van der Waals surface area contributed by atoms with E-state index in [2.05, 4.69) is 0 Å². The lowest BCUT2D eigenvalue weighted by molar-refractivity contribution is -0.384. The molecule has 0 spiro atoms. The van der Waals surface area contributed by atoms with Gasteiger partial charge >= 0.3 is 0 Å². The first kappa shape index (κ1) is 15.3. The van der Waals surface area contributed by atoms with Crippen molar-refractivity contribution in [2.24, 2.45) is 0 Å². The summed E-state index contributed by atoms with van der Waals surface area (Å²) in [6.45, 7) is 2.48. The van der Waals surface area contributed by atoms with Crippen LogP contribution in [0, 0.1) is 10.1 Å². The summed E-state index contributed by atoms with van der Waals surface area (Å²) < 4.78 is 5.42. The van der Waals surface area contributed by atoms with Gasteiger partial charge in [0.25, 0.3) is 5.69 Å². The minimum atomic E-state index is -0.492. The first-order valence-corrected chi connectivity index (χ1v) is 6.82. The number of hydrogen-bond donors (Lipinski definition) is 1. The van der Waals surface area contributed by atoms with Crippen LogP contribution in [0.5, 0.6) is 0 Å². The van der Waals surface area contributed by atoms with Crippen LogP contribution in [0.1, 0.15) is 6.92 Å². The van der Waals surface area contributed by atoms with Crippen LogP contribution >= 0.6 is 23.2 Å². The van der Waals surface area contributed by atoms with Gasteiger partial charge in [-0.3, -0.25) is 10.1 Å². The van der Waals surface area contributed by atoms with Crippen LogP contribution < -0.4 is 4.90 Å². The zero-order valence-electron chi connectivity index (χ0n) is 10.8. The molecule has 1 aromatic carbocycles. The molecule has 20 heavy (non-hydrogen) atoms. The average Bonchev–Trinajstić information content (AvgIpc) is 2.42. The number of nitrogens with zero attached hydrogens (tertiary/aromatic N) is 2. The summed E-state index contributed by atoms with van der Waals surface area (Å²) in [6.07, 6.45) is -0.375. The van der Waals surface area contributed by atoms with Crippen LogP contribution in [0.4, 0.5) is 11.4 Å². The zero-order valence-corrected chi connectivity index (χ0v) is 12.3. The second-order valence-corrected chi connectivity index (χ2v) is 5.47. The Morgan fingerprint density at radius 2 is 2.15 bits per heavy atom. The summed E-state index contributed by atoms with van der Waals surface area (Å²) in [4.78, 5) is 12.5. The number of nitro benzene ring substituents is 1. The number of nitro groups is 1. The van der Waals surface area contributed by atoms with Crippen molar-refractivity contribution in [1.82, 2.24) is 0 Å². The largest absolute Gasteiger partial charge is 0.394 e. The average molecular weight is 321 g/mol. The van der Waals surface area contributed by atoms with Gasteiger partial charge in [0.1, 0.15) is 5.69 Å². The highest BCUT2D eigenvalue weighted by molar-refractivity contribution is 6.42. The van der Waals surface area contributed by atoms with Gasteiger partial charge in [-0.25, -0.2) is 0 Å². The Morgan fingerprint density at radius 1 is 1.50 bits per heavy atom. The van der Waals surface area contributed by atoms with Gasteiger partial charge in [-0.05, 0) is 13.0 Å². The number of morpholine rings is 1. The fraction of sp³-hybridized carbons (Fsp3) is 0.500. The molecule has 1 N–H and O–H groups in total. The Balaban J connectivity index is 2.44. The zero-order chi connectivity index (χ0) is 14.9. The molecule has 0 amide bonds. The third kappa shape index (κ3) is 2.98. The maximum absolute atomic E-state index is 11.2. The summed E-state index contributed by atoms with van der Waals surface area (Å²) >= 11 is 11.8. The summed E-state index contributed by atoms with van der Waals surface area (Å²) in [5, 5.41) is 20.8. The molecule has 110 valence electrons. The Bertz CT molecular complexity index is 526. The third-order valence-corrected chi connectivity index (χ3v) is 3.95. The van der Waals surface area contributed by atoms with Crippen LogP contribution in [0.3, 0.4) is 0 Å². The van der Waals surface area contributed by atoms with E-state index in [9.17, 15) is 15.2 Å². The third-order valence-electron chi connectivity index (χ3n) is 3.23. The van der Waals surface area contributed by atoms with Crippen molar-refractivity contribution in [3.05, 3.63) is 32.3 Å². The number of rotatable bonds is 3. The van der Waals surface area contributed by atoms with E-state index in [4.69, 9.17) is 27.9 Å². The molecule has 0 saturated carbocycles. The number of anilines is 1. The van der Waals surface area contributed by atoms with Crippen molar-refractivity contribution in [3.63, 3.8) is 0 Å². The molecule has 8 heteroatoms. The number of aliphatic hydroxyl groups is 1. The Labute approximate surface area is 126 Å². The maximum atomic E-state index is 11.2. The highest BCUT2D eigenvalue weighted by Crippen LogP contribution is 2.38. The molecule has 1 fully saturated rings. The van der Waals surface area contributed by atoms with Gasteiger partial charge in [0.2, 0.25) is 0 Å². The molecule has 0 aromatic heterocycles. The van der Waals surface area contributed by atoms with Crippen molar-refractivity contribution in [3.8, 4) is 0 Å². The van der Waals surface area contributed by atoms with Crippen molar-refractivity contribution in [2.45, 2.75) is 19.1 Å². The second-order valence-electron chi connectivity index (χ2n) is 4.65. The maximum Gasteiger partial charge on any atom is 0.294 e. The predicted octanol–water partition coefficient (Wildman–Crippen LogP) is 2.49. The van der Waals surface area contributed by atoms with E-state index < -0.39 is 4.92 Å². The first-order valence-electron chi connectivity index (χ1n) is 6.06. The lowest BCUT2D eigenvalue weighted by Crippen LogP contribution is -2.49. The lowest BCUT2D eigenvalue weighted by Gasteiger charge is -2.38. The van der Waals surface area contributed by atoms with E-state index in [0.29, 0.717) is 18.8 Å². The fourth-order valence-electron chi connectivity index (χ4n) is 2.17. The molecule has 2 atom stereocenters. The molecule has 1 saturated heterocycles. The monoisotopic (exact) mass is 320 g/mol. The normalized spacial score (nSPS) is 22.9. The Hall–Kier alpha value is -1.08. The molecule has 0 bridgehead atoms. The highest BCUT2D eigenvalue weighted by Gasteiger charge is 2.31. The number of benzene rings is 1. The second kappa shape index (κ2) is 6.13. The highest BCUT2D eigenvalue weighted by atomic mass is 35.5. The lowest BCUT2D eigenvalue weighted by atomic mass is 10.1. The molecule has 1 heterocycles. The molecule has 0 aliphatic carbocycles. The van der Waals surface area contributed by atoms with Crippen molar-refractivity contribution >= 4 is 34.6 Å². The van der Waals surface area contributed by atoms with E-state index in [0.717, 1.165) is 0 Å². The molecule has 2 unspecified atom stereocenters. The SMILES string of the molecule is CC1COC(CO)CN1c1cc(Cl)c(Cl)cc1[N+](=O)[O-]. The molecule has 1 aromatic rings. The molecular weight excluding hydrogens is 307 g/mol. The Morgan fingerprint density at radius 3 is 2.75 bits per heavy atom. The molecule has 6 nitrogen and oxygen atoms in total. The van der Waals surface area contributed by atoms with Crippen LogP contribution in [0.2, 0.25) is 10.0 Å². The summed E-state index contributed by atoms with van der Waals surface area (Å²) in [6, 6.07) is 2.67. The predicted molar refractivity (Wildman–Crippen MR) is 76.8 cm³/mol. The number of aliphatic hydroxyl groups excluding tert-OH is 1. The summed E-state index contributed by atoms with van der Waals surface area (Å²) in [7, 11) is 0. The Kier molecular flexibility index (Phi) is 4.70. The van der Waals surface area contributed by atoms with E-state index in [1.807, 2.05) is 11.8 Å². The molecular formula is C12H14Cl2N2O4. The van der Waals surface area contributed by atoms with Gasteiger partial charge in [0, 0.05) is 18.7 Å². The van der Waals surface area contributed by atoms with Crippen LogP contribution in [0.15, 0.2) is 12.1 Å². The number of ether oxygens (including phenoxy) is 1. The van der Waals surface area contributed by atoms with E-state index in [-0.39, 0.29) is 34.5 Å². The van der Waals surface area contributed by atoms with Crippen molar-refractivity contribution in [1.29, 1.82) is 0 Å². The van der Waals surface area contributed by atoms with Gasteiger partial charge in [-0.2, -0.15) is 0 Å². The van der Waals surface area contributed by atoms with E-state index >= 15 is 0 Å². The van der Waals surface area contributed by atoms with Crippen LogP contribution in [-0.2, 0) is 4.74 Å². The van der Waals surface area contributed by atoms with Crippen molar-refractivity contribution in [2.75, 3.05) is 24.7 Å². The minimum Gasteiger partial charge on any atom is -0.394 e.